The molecule has 1 heterocycles. The molecule has 0 unspecified atom stereocenters. The van der Waals surface area contributed by atoms with Gasteiger partial charge in [-0.25, -0.2) is 9.18 Å². The van der Waals surface area contributed by atoms with Crippen LogP contribution in [0.15, 0.2) is 0 Å². The topological polar surface area (TPSA) is 65.2 Å². The second-order valence-electron chi connectivity index (χ2n) is 2.66. The highest BCUT2D eigenvalue weighted by molar-refractivity contribution is 7.08. The van der Waals surface area contributed by atoms with Crippen molar-refractivity contribution in [1.29, 1.82) is 0 Å². The van der Waals surface area contributed by atoms with Crippen molar-refractivity contribution in [3.63, 3.8) is 0 Å². The first-order chi connectivity index (χ1) is 6.02. The highest BCUT2D eigenvalue weighted by atomic mass is 32.1. The second-order valence-corrected chi connectivity index (χ2v) is 3.44. The number of aromatic nitrogens is 1. The van der Waals surface area contributed by atoms with Gasteiger partial charge in [0.05, 0.1) is 6.10 Å². The van der Waals surface area contributed by atoms with Crippen LogP contribution in [0.5, 0.6) is 0 Å². The van der Waals surface area contributed by atoms with Crippen LogP contribution >= 0.6 is 11.5 Å². The zero-order chi connectivity index (χ0) is 10.0. The molecule has 4 nitrogen and oxygen atoms in total. The normalized spacial score (nSPS) is 10.5. The van der Waals surface area contributed by atoms with Crippen LogP contribution in [0.2, 0.25) is 0 Å². The summed E-state index contributed by atoms with van der Waals surface area (Å²) in [6.45, 7) is 3.36. The van der Waals surface area contributed by atoms with Crippen LogP contribution in [0.3, 0.4) is 0 Å². The Kier molecular flexibility index (Phi) is 2.82. The van der Waals surface area contributed by atoms with Crippen LogP contribution in [-0.4, -0.2) is 16.4 Å². The Balaban J connectivity index is 2.83. The quantitative estimate of drug-likeness (QED) is 0.740. The number of hydrogen-bond acceptors (Lipinski definition) is 5. The highest BCUT2D eigenvalue weighted by Crippen LogP contribution is 2.19. The summed E-state index contributed by atoms with van der Waals surface area (Å²) < 4.78 is 21.2. The summed E-state index contributed by atoms with van der Waals surface area (Å²) in [6.07, 6.45) is -0.282. The van der Waals surface area contributed by atoms with E-state index in [1.165, 1.54) is 0 Å². The summed E-state index contributed by atoms with van der Waals surface area (Å²) >= 11 is 0.702. The van der Waals surface area contributed by atoms with Crippen LogP contribution in [0.25, 0.3) is 0 Å². The molecule has 0 fully saturated rings. The average molecular weight is 204 g/mol. The van der Waals surface area contributed by atoms with Gasteiger partial charge in [0.25, 0.3) is 0 Å². The van der Waals surface area contributed by atoms with Crippen molar-refractivity contribution in [1.82, 2.24) is 4.37 Å². The summed E-state index contributed by atoms with van der Waals surface area (Å²) in [4.78, 5) is 11.0. The third-order valence-electron chi connectivity index (χ3n) is 1.19. The van der Waals surface area contributed by atoms with E-state index in [9.17, 15) is 9.18 Å². The van der Waals surface area contributed by atoms with Crippen molar-refractivity contribution in [2.24, 2.45) is 0 Å². The number of anilines is 1. The minimum absolute atomic E-state index is 0.175. The number of ether oxygens (including phenoxy) is 1. The van der Waals surface area contributed by atoms with E-state index >= 15 is 0 Å². The molecule has 13 heavy (non-hydrogen) atoms. The van der Waals surface area contributed by atoms with Gasteiger partial charge < -0.3 is 10.5 Å². The number of nitrogens with zero attached hydrogens (tertiary/aromatic N) is 1. The maximum atomic E-state index is 13.0. The largest absolute Gasteiger partial charge is 0.459 e. The lowest BCUT2D eigenvalue weighted by Gasteiger charge is -2.05. The molecular formula is C7H9FN2O2S. The van der Waals surface area contributed by atoms with E-state index in [1.54, 1.807) is 13.8 Å². The van der Waals surface area contributed by atoms with Gasteiger partial charge in [-0.1, -0.05) is 0 Å². The van der Waals surface area contributed by atoms with Crippen molar-refractivity contribution in [2.75, 3.05) is 5.73 Å². The van der Waals surface area contributed by atoms with Crippen molar-refractivity contribution in [3.8, 4) is 0 Å². The minimum atomic E-state index is -0.796. The van der Waals surface area contributed by atoms with Crippen molar-refractivity contribution < 1.29 is 13.9 Å². The molecule has 72 valence electrons. The fraction of sp³-hybridized carbons (Fsp3) is 0.429. The second kappa shape index (κ2) is 3.69. The molecule has 2 N–H and O–H groups in total. The summed E-state index contributed by atoms with van der Waals surface area (Å²) in [6, 6.07) is 0. The Labute approximate surface area is 78.7 Å². The smallest absolute Gasteiger partial charge is 0.353 e. The lowest BCUT2D eigenvalue weighted by Crippen LogP contribution is -2.11. The number of nitrogen functional groups attached to an aromatic ring is 1. The highest BCUT2D eigenvalue weighted by Gasteiger charge is 2.20. The Morgan fingerprint density at radius 1 is 1.69 bits per heavy atom. The monoisotopic (exact) mass is 204 g/mol. The standard InChI is InChI=1S/C7H9FN2O2S/c1-3(2)12-7(11)5-4(8)6(9)10-13-5/h3H,1-2H3,(H2,9,10). The third-order valence-corrected chi connectivity index (χ3v) is 2.00. The molecule has 0 amide bonds. The van der Waals surface area contributed by atoms with E-state index in [1.807, 2.05) is 0 Å². The lowest BCUT2D eigenvalue weighted by atomic mass is 10.4. The maximum absolute atomic E-state index is 13.0. The van der Waals surface area contributed by atoms with Crippen molar-refractivity contribution in [3.05, 3.63) is 10.7 Å². The Morgan fingerprint density at radius 3 is 2.69 bits per heavy atom. The van der Waals surface area contributed by atoms with Gasteiger partial charge in [0.2, 0.25) is 0 Å². The lowest BCUT2D eigenvalue weighted by molar-refractivity contribution is 0.0379. The molecular weight excluding hydrogens is 195 g/mol. The fourth-order valence-electron chi connectivity index (χ4n) is 0.686. The number of halogens is 1. The van der Waals surface area contributed by atoms with Gasteiger partial charge in [0.1, 0.15) is 0 Å². The molecule has 1 rings (SSSR count). The van der Waals surface area contributed by atoms with Gasteiger partial charge in [-0.15, -0.1) is 0 Å². The number of nitrogens with two attached hydrogens (primary N) is 1. The van der Waals surface area contributed by atoms with E-state index in [0.29, 0.717) is 11.5 Å². The molecule has 0 bridgehead atoms. The van der Waals surface area contributed by atoms with Gasteiger partial charge in [0.15, 0.2) is 16.5 Å². The molecule has 0 aliphatic carbocycles. The number of carbonyl (C=O) groups excluding carboxylic acids is 1. The van der Waals surface area contributed by atoms with Crippen molar-refractivity contribution in [2.45, 2.75) is 20.0 Å². The predicted octanol–water partition coefficient (Wildman–Crippen LogP) is 1.43. The van der Waals surface area contributed by atoms with E-state index < -0.39 is 11.8 Å². The van der Waals surface area contributed by atoms with Crippen LogP contribution in [-0.2, 0) is 4.74 Å². The molecule has 0 radical (unpaired) electrons. The molecule has 0 atom stereocenters. The maximum Gasteiger partial charge on any atom is 0.353 e. The zero-order valence-corrected chi connectivity index (χ0v) is 8.02. The number of carbonyl (C=O) groups is 1. The molecule has 6 heteroatoms. The zero-order valence-electron chi connectivity index (χ0n) is 7.20. The Bertz CT molecular complexity index is 324. The molecule has 0 aliphatic heterocycles. The van der Waals surface area contributed by atoms with Crippen LogP contribution in [0.1, 0.15) is 23.5 Å². The molecule has 1 aromatic rings. The fourth-order valence-corrected chi connectivity index (χ4v) is 1.26. The molecule has 1 aromatic heterocycles. The Hall–Kier alpha value is -1.17. The molecule has 0 saturated carbocycles. The van der Waals surface area contributed by atoms with Crippen molar-refractivity contribution >= 4 is 23.3 Å². The van der Waals surface area contributed by atoms with Crippen LogP contribution in [0.4, 0.5) is 10.2 Å². The number of rotatable bonds is 2. The molecule has 0 spiro atoms. The summed E-state index contributed by atoms with van der Waals surface area (Å²) in [5.41, 5.74) is 5.13. The van der Waals surface area contributed by atoms with E-state index in [4.69, 9.17) is 10.5 Å². The average Bonchev–Trinajstić information content (AvgIpc) is 2.31. The number of hydrogen-bond donors (Lipinski definition) is 1. The van der Waals surface area contributed by atoms with Gasteiger partial charge in [0, 0.05) is 0 Å². The first kappa shape index (κ1) is 9.91. The molecule has 0 saturated heterocycles. The van der Waals surface area contributed by atoms with Gasteiger partial charge in [-0.3, -0.25) is 0 Å². The minimum Gasteiger partial charge on any atom is -0.459 e. The van der Waals surface area contributed by atoms with E-state index in [2.05, 4.69) is 4.37 Å². The SMILES string of the molecule is CC(C)OC(=O)c1snc(N)c1F. The Morgan fingerprint density at radius 2 is 2.31 bits per heavy atom. The molecule has 0 aromatic carbocycles. The predicted molar refractivity (Wildman–Crippen MR) is 47.0 cm³/mol. The first-order valence-electron chi connectivity index (χ1n) is 3.64. The number of esters is 1. The third kappa shape index (κ3) is 2.15. The van der Waals surface area contributed by atoms with Crippen LogP contribution in [0, 0.1) is 5.82 Å². The molecule has 0 aliphatic rings. The van der Waals surface area contributed by atoms with E-state index in [-0.39, 0.29) is 16.8 Å². The van der Waals surface area contributed by atoms with Gasteiger partial charge in [-0.2, -0.15) is 4.37 Å². The summed E-state index contributed by atoms with van der Waals surface area (Å²) in [5.74, 6) is -1.78. The van der Waals surface area contributed by atoms with Gasteiger partial charge in [-0.05, 0) is 25.4 Å². The summed E-state index contributed by atoms with van der Waals surface area (Å²) in [5, 5.41) is 0. The van der Waals surface area contributed by atoms with E-state index in [0.717, 1.165) is 0 Å². The van der Waals surface area contributed by atoms with Gasteiger partial charge >= 0.3 is 5.97 Å². The summed E-state index contributed by atoms with van der Waals surface area (Å²) in [7, 11) is 0. The van der Waals surface area contributed by atoms with Crippen LogP contribution < -0.4 is 5.73 Å². The first-order valence-corrected chi connectivity index (χ1v) is 4.41.